The molecule has 0 N–H and O–H groups in total. The molecule has 0 aliphatic rings. The van der Waals surface area contributed by atoms with Gasteiger partial charge in [-0.1, -0.05) is 13.8 Å². The summed E-state index contributed by atoms with van der Waals surface area (Å²) in [5.74, 6) is -0.530. The summed E-state index contributed by atoms with van der Waals surface area (Å²) in [7, 11) is -6.93. The van der Waals surface area contributed by atoms with Crippen molar-refractivity contribution >= 4 is 25.6 Å². The van der Waals surface area contributed by atoms with Gasteiger partial charge in [0, 0.05) is 23.2 Å². The topological polar surface area (TPSA) is 110 Å². The summed E-state index contributed by atoms with van der Waals surface area (Å²) in [6.45, 7) is 2.90. The average Bonchev–Trinajstić information content (AvgIpc) is 2.47. The van der Waals surface area contributed by atoms with Gasteiger partial charge in [0.2, 0.25) is 5.95 Å². The number of nitrogens with zero attached hydrogens (tertiary/aromatic N) is 4. The summed E-state index contributed by atoms with van der Waals surface area (Å²) in [5.41, 5.74) is 0. The van der Waals surface area contributed by atoms with Gasteiger partial charge >= 0.3 is 6.08 Å². The lowest BCUT2D eigenvalue weighted by molar-refractivity contribution is 0.533. The van der Waals surface area contributed by atoms with E-state index < -0.39 is 25.8 Å². The summed E-state index contributed by atoms with van der Waals surface area (Å²) in [4.78, 5) is 11.2. The Balaban J connectivity index is 3.22. The highest BCUT2D eigenvalue weighted by atomic mass is 32.2. The Labute approximate surface area is 128 Å². The molecule has 0 aliphatic carbocycles. The van der Waals surface area contributed by atoms with Crippen LogP contribution in [0.2, 0.25) is 0 Å². The Bertz CT molecular complexity index is 731. The Morgan fingerprint density at radius 2 is 1.55 bits per heavy atom. The van der Waals surface area contributed by atoms with Gasteiger partial charge in [-0.25, -0.2) is 21.8 Å². The standard InChI is InChI=1S/C11H15FN4O4S2/c1-3-21(17,18)7-5-16(6-8-22(19,20)4-2)11-14-9-13-10(12)15-11/h5-9H,3-4H2,1-2H3. The van der Waals surface area contributed by atoms with Gasteiger partial charge in [-0.15, -0.1) is 0 Å². The highest BCUT2D eigenvalue weighted by molar-refractivity contribution is 7.94. The van der Waals surface area contributed by atoms with Gasteiger partial charge in [0.15, 0.2) is 19.7 Å². The van der Waals surface area contributed by atoms with Crippen LogP contribution < -0.4 is 4.90 Å². The molecule has 0 saturated carbocycles. The van der Waals surface area contributed by atoms with Gasteiger partial charge in [0.25, 0.3) is 0 Å². The first-order valence-corrected chi connectivity index (χ1v) is 9.57. The summed E-state index contributed by atoms with van der Waals surface area (Å²) < 4.78 is 58.9. The molecule has 1 aromatic rings. The van der Waals surface area contributed by atoms with E-state index in [4.69, 9.17) is 0 Å². The lowest BCUT2D eigenvalue weighted by atomic mass is 10.7. The van der Waals surface area contributed by atoms with E-state index in [9.17, 15) is 21.2 Å². The third-order valence-electron chi connectivity index (χ3n) is 2.42. The molecule has 11 heteroatoms. The highest BCUT2D eigenvalue weighted by Crippen LogP contribution is 2.09. The molecule has 22 heavy (non-hydrogen) atoms. The molecule has 0 aromatic carbocycles. The molecule has 8 nitrogen and oxygen atoms in total. The zero-order valence-electron chi connectivity index (χ0n) is 11.9. The molecule has 0 atom stereocenters. The van der Waals surface area contributed by atoms with Crippen molar-refractivity contribution in [2.45, 2.75) is 13.8 Å². The largest absolute Gasteiger partial charge is 0.313 e. The molecule has 1 rings (SSSR count). The Kier molecular flexibility index (Phi) is 6.11. The summed E-state index contributed by atoms with van der Waals surface area (Å²) in [6.07, 6.45) is 1.88. The van der Waals surface area contributed by atoms with Crippen LogP contribution in [-0.2, 0) is 19.7 Å². The number of rotatable bonds is 7. The van der Waals surface area contributed by atoms with E-state index >= 15 is 0 Å². The molecule has 0 radical (unpaired) electrons. The number of sulfone groups is 2. The van der Waals surface area contributed by atoms with Crippen LogP contribution in [0.15, 0.2) is 29.5 Å². The molecule has 0 fully saturated rings. The van der Waals surface area contributed by atoms with Crippen molar-refractivity contribution < 1.29 is 21.2 Å². The minimum Gasteiger partial charge on any atom is -0.291 e. The number of aromatic nitrogens is 3. The van der Waals surface area contributed by atoms with Gasteiger partial charge in [-0.3, -0.25) is 4.90 Å². The lowest BCUT2D eigenvalue weighted by Crippen LogP contribution is -2.14. The van der Waals surface area contributed by atoms with E-state index in [1.165, 1.54) is 13.8 Å². The van der Waals surface area contributed by atoms with Crippen molar-refractivity contribution in [1.29, 1.82) is 0 Å². The van der Waals surface area contributed by atoms with Crippen molar-refractivity contribution in [3.8, 4) is 0 Å². The third kappa shape index (κ3) is 5.85. The van der Waals surface area contributed by atoms with Gasteiger partial charge in [-0.2, -0.15) is 14.4 Å². The van der Waals surface area contributed by atoms with Crippen LogP contribution in [-0.4, -0.2) is 43.3 Å². The molecular formula is C11H15FN4O4S2. The summed E-state index contributed by atoms with van der Waals surface area (Å²) in [5, 5.41) is 1.72. The molecule has 0 amide bonds. The predicted octanol–water partition coefficient (Wildman–Crippen LogP) is 0.629. The second kappa shape index (κ2) is 7.40. The first kappa shape index (κ1) is 18.2. The van der Waals surface area contributed by atoms with Crippen LogP contribution in [0.1, 0.15) is 13.8 Å². The number of hydrogen-bond donors (Lipinski definition) is 0. The molecule has 122 valence electrons. The highest BCUT2D eigenvalue weighted by Gasteiger charge is 2.10. The van der Waals surface area contributed by atoms with Crippen molar-refractivity contribution in [2.24, 2.45) is 0 Å². The second-order valence-electron chi connectivity index (χ2n) is 3.94. The molecule has 0 bridgehead atoms. The molecule has 0 aliphatic heterocycles. The SMILES string of the molecule is CCS(=O)(=O)C=CN(C=CS(=O)(=O)CC)c1ncnc(F)n1. The molecule has 0 saturated heterocycles. The Morgan fingerprint density at radius 1 is 1.05 bits per heavy atom. The first-order chi connectivity index (χ1) is 10.2. The van der Waals surface area contributed by atoms with Gasteiger partial charge in [0.1, 0.15) is 6.33 Å². The monoisotopic (exact) mass is 350 g/mol. The summed E-state index contributed by atoms with van der Waals surface area (Å²) >= 11 is 0. The average molecular weight is 350 g/mol. The molecule has 1 aromatic heterocycles. The van der Waals surface area contributed by atoms with E-state index in [1.54, 1.807) is 0 Å². The molecule has 0 unspecified atom stereocenters. The number of halogens is 1. The Morgan fingerprint density at radius 3 is 1.95 bits per heavy atom. The minimum atomic E-state index is -3.46. The van der Waals surface area contributed by atoms with E-state index in [2.05, 4.69) is 15.0 Å². The van der Waals surface area contributed by atoms with Gasteiger partial charge in [0.05, 0.1) is 11.5 Å². The number of anilines is 1. The first-order valence-electron chi connectivity index (χ1n) is 6.14. The van der Waals surface area contributed by atoms with E-state index in [0.29, 0.717) is 0 Å². The van der Waals surface area contributed by atoms with Gasteiger partial charge in [-0.05, 0) is 0 Å². The maximum atomic E-state index is 13.0. The Hall–Kier alpha value is -1.88. The fourth-order valence-electron chi connectivity index (χ4n) is 1.08. The van der Waals surface area contributed by atoms with Crippen molar-refractivity contribution in [3.05, 3.63) is 35.6 Å². The molecule has 1 heterocycles. The molecule has 0 spiro atoms. The smallest absolute Gasteiger partial charge is 0.291 e. The van der Waals surface area contributed by atoms with Crippen LogP contribution in [0.5, 0.6) is 0 Å². The third-order valence-corrected chi connectivity index (χ3v) is 5.11. The quantitative estimate of drug-likeness (QED) is 0.704. The van der Waals surface area contributed by atoms with Crippen LogP contribution >= 0.6 is 0 Å². The van der Waals surface area contributed by atoms with Crippen LogP contribution in [0.25, 0.3) is 0 Å². The van der Waals surface area contributed by atoms with Crippen molar-refractivity contribution in [2.75, 3.05) is 16.4 Å². The molecular weight excluding hydrogens is 335 g/mol. The summed E-state index contributed by atoms with van der Waals surface area (Å²) in [6, 6.07) is 0. The second-order valence-corrected chi connectivity index (χ2v) is 8.29. The maximum absolute atomic E-state index is 13.0. The fraction of sp³-hybridized carbons (Fsp3) is 0.364. The zero-order valence-corrected chi connectivity index (χ0v) is 13.6. The van der Waals surface area contributed by atoms with Crippen molar-refractivity contribution in [1.82, 2.24) is 15.0 Å². The fourth-order valence-corrected chi connectivity index (χ4v) is 2.10. The maximum Gasteiger partial charge on any atom is 0.313 e. The van der Waals surface area contributed by atoms with Crippen LogP contribution in [0, 0.1) is 6.08 Å². The van der Waals surface area contributed by atoms with E-state index in [0.717, 1.165) is 34.4 Å². The van der Waals surface area contributed by atoms with Crippen molar-refractivity contribution in [3.63, 3.8) is 0 Å². The van der Waals surface area contributed by atoms with Crippen LogP contribution in [0.4, 0.5) is 10.3 Å². The predicted molar refractivity (Wildman–Crippen MR) is 79.5 cm³/mol. The normalized spacial score (nSPS) is 13.0. The van der Waals surface area contributed by atoms with E-state index in [1.807, 2.05) is 0 Å². The lowest BCUT2D eigenvalue weighted by Gasteiger charge is -2.12. The minimum absolute atomic E-state index is 0.139. The van der Waals surface area contributed by atoms with E-state index in [-0.39, 0.29) is 17.5 Å². The van der Waals surface area contributed by atoms with Gasteiger partial charge < -0.3 is 0 Å². The zero-order chi connectivity index (χ0) is 16.8. The van der Waals surface area contributed by atoms with Crippen LogP contribution in [0.3, 0.4) is 0 Å². The number of hydrogen-bond acceptors (Lipinski definition) is 8.